The molecule has 1 heterocycles. The van der Waals surface area contributed by atoms with Gasteiger partial charge >= 0.3 is 0 Å². The Morgan fingerprint density at radius 1 is 1.16 bits per heavy atom. The van der Waals surface area contributed by atoms with Crippen molar-refractivity contribution in [2.75, 3.05) is 13.7 Å². The summed E-state index contributed by atoms with van der Waals surface area (Å²) in [7, 11) is 1.60. The molecule has 0 fully saturated rings. The van der Waals surface area contributed by atoms with Crippen LogP contribution in [-0.4, -0.2) is 29.4 Å². The summed E-state index contributed by atoms with van der Waals surface area (Å²) in [6.07, 6.45) is -0.534. The molecule has 0 saturated heterocycles. The number of hydrogen-bond donors (Lipinski definition) is 1. The van der Waals surface area contributed by atoms with E-state index in [1.165, 1.54) is 12.1 Å². The van der Waals surface area contributed by atoms with Crippen molar-refractivity contribution in [3.8, 4) is 11.5 Å². The second-order valence-corrected chi connectivity index (χ2v) is 7.46. The summed E-state index contributed by atoms with van der Waals surface area (Å²) in [6.45, 7) is 1.01. The van der Waals surface area contributed by atoms with Gasteiger partial charge in [-0.3, -0.25) is 19.8 Å². The lowest BCUT2D eigenvalue weighted by atomic mass is 10.1. The maximum Gasteiger partial charge on any atom is 0.269 e. The van der Waals surface area contributed by atoms with E-state index >= 15 is 0 Å². The van der Waals surface area contributed by atoms with Crippen LogP contribution in [0.1, 0.15) is 22.9 Å². The number of carbonyl (C=O) groups excluding carboxylic acids is 1. The van der Waals surface area contributed by atoms with E-state index in [-0.39, 0.29) is 18.1 Å². The van der Waals surface area contributed by atoms with Gasteiger partial charge in [-0.2, -0.15) is 0 Å². The monoisotopic (exact) mass is 433 g/mol. The van der Waals surface area contributed by atoms with Gasteiger partial charge < -0.3 is 14.8 Å². The summed E-state index contributed by atoms with van der Waals surface area (Å²) < 4.78 is 11.4. The second-order valence-electron chi connectivity index (χ2n) is 7.46. The van der Waals surface area contributed by atoms with Gasteiger partial charge in [0.05, 0.1) is 18.6 Å². The third-order valence-corrected chi connectivity index (χ3v) is 5.28. The molecular formula is C24H23N3O5. The van der Waals surface area contributed by atoms with Gasteiger partial charge in [-0.25, -0.2) is 0 Å². The largest absolute Gasteiger partial charge is 0.497 e. The Hall–Kier alpha value is -3.91. The van der Waals surface area contributed by atoms with Gasteiger partial charge in [0.1, 0.15) is 11.5 Å². The number of rotatable bonds is 7. The number of para-hydroxylation sites is 1. The number of ether oxygens (including phenoxy) is 2. The summed E-state index contributed by atoms with van der Waals surface area (Å²) >= 11 is 0. The van der Waals surface area contributed by atoms with E-state index in [9.17, 15) is 14.9 Å². The number of methoxy groups -OCH3 is 1. The number of nitrogens with one attached hydrogen (secondary N) is 1. The summed E-state index contributed by atoms with van der Waals surface area (Å²) in [4.78, 5) is 25.2. The van der Waals surface area contributed by atoms with Crippen LogP contribution in [0.25, 0.3) is 0 Å². The Balaban J connectivity index is 1.49. The number of nitro benzene ring substituents is 1. The Bertz CT molecular complexity index is 1120. The van der Waals surface area contributed by atoms with Crippen molar-refractivity contribution in [1.82, 2.24) is 10.2 Å². The van der Waals surface area contributed by atoms with Crippen LogP contribution in [0.2, 0.25) is 0 Å². The molecule has 0 saturated carbocycles. The first-order chi connectivity index (χ1) is 15.5. The van der Waals surface area contributed by atoms with Crippen LogP contribution in [0.15, 0.2) is 72.8 Å². The van der Waals surface area contributed by atoms with Crippen molar-refractivity contribution in [2.24, 2.45) is 0 Å². The van der Waals surface area contributed by atoms with E-state index in [0.29, 0.717) is 13.1 Å². The molecule has 0 aliphatic carbocycles. The van der Waals surface area contributed by atoms with Crippen LogP contribution in [0.3, 0.4) is 0 Å². The predicted molar refractivity (Wildman–Crippen MR) is 118 cm³/mol. The first-order valence-electron chi connectivity index (χ1n) is 10.2. The van der Waals surface area contributed by atoms with E-state index in [1.807, 2.05) is 53.4 Å². The molecule has 4 rings (SSSR count). The SMILES string of the molecule is COc1cccc(CNC(=O)CN2Cc3ccccc3OC2c2ccc([N+](=O)[O-])cc2)c1. The van der Waals surface area contributed by atoms with Crippen LogP contribution >= 0.6 is 0 Å². The average molecular weight is 433 g/mol. The van der Waals surface area contributed by atoms with Crippen molar-refractivity contribution < 1.29 is 19.2 Å². The standard InChI is InChI=1S/C24H23N3O5/c1-31-21-7-4-5-17(13-21)14-25-23(28)16-26-15-19-6-2-3-8-22(19)32-24(26)18-9-11-20(12-10-18)27(29)30/h2-13,24H,14-16H2,1H3,(H,25,28). The minimum absolute atomic E-state index is 0.00698. The summed E-state index contributed by atoms with van der Waals surface area (Å²) in [5.41, 5.74) is 2.66. The van der Waals surface area contributed by atoms with Gasteiger partial charge in [0.15, 0.2) is 6.23 Å². The molecule has 1 N–H and O–H groups in total. The quantitative estimate of drug-likeness (QED) is 0.450. The highest BCUT2D eigenvalue weighted by atomic mass is 16.6. The van der Waals surface area contributed by atoms with E-state index in [2.05, 4.69) is 5.32 Å². The molecule has 1 aliphatic rings. The summed E-state index contributed by atoms with van der Waals surface area (Å²) in [5.74, 6) is 1.32. The van der Waals surface area contributed by atoms with Crippen molar-refractivity contribution >= 4 is 11.6 Å². The first-order valence-corrected chi connectivity index (χ1v) is 10.2. The molecule has 0 spiro atoms. The Kier molecular flexibility index (Phi) is 6.32. The fourth-order valence-corrected chi connectivity index (χ4v) is 3.65. The normalized spacial score (nSPS) is 15.3. The fourth-order valence-electron chi connectivity index (χ4n) is 3.65. The predicted octanol–water partition coefficient (Wildman–Crippen LogP) is 3.81. The molecule has 1 amide bonds. The van der Waals surface area contributed by atoms with Gasteiger partial charge in [-0.05, 0) is 35.9 Å². The van der Waals surface area contributed by atoms with Crippen LogP contribution in [-0.2, 0) is 17.9 Å². The molecule has 1 aliphatic heterocycles. The maximum atomic E-state index is 12.7. The number of hydrogen-bond acceptors (Lipinski definition) is 6. The lowest BCUT2D eigenvalue weighted by Crippen LogP contribution is -2.42. The number of nitro groups is 1. The molecule has 8 heteroatoms. The molecule has 8 nitrogen and oxygen atoms in total. The molecule has 0 radical (unpaired) electrons. The number of benzene rings is 3. The van der Waals surface area contributed by atoms with Crippen LogP contribution < -0.4 is 14.8 Å². The van der Waals surface area contributed by atoms with Gasteiger partial charge in [0.25, 0.3) is 5.69 Å². The summed E-state index contributed by atoms with van der Waals surface area (Å²) in [6, 6.07) is 21.4. The molecule has 0 bridgehead atoms. The molecule has 1 unspecified atom stereocenters. The van der Waals surface area contributed by atoms with Crippen LogP contribution in [0.4, 0.5) is 5.69 Å². The smallest absolute Gasteiger partial charge is 0.269 e. The van der Waals surface area contributed by atoms with E-state index in [1.54, 1.807) is 19.2 Å². The molecule has 164 valence electrons. The molecule has 32 heavy (non-hydrogen) atoms. The molecule has 3 aromatic carbocycles. The zero-order valence-electron chi connectivity index (χ0n) is 17.6. The third-order valence-electron chi connectivity index (χ3n) is 5.28. The van der Waals surface area contributed by atoms with Gasteiger partial charge in [-0.15, -0.1) is 0 Å². The van der Waals surface area contributed by atoms with E-state index in [4.69, 9.17) is 9.47 Å². The van der Waals surface area contributed by atoms with Crippen LogP contribution in [0, 0.1) is 10.1 Å². The number of carbonyl (C=O) groups is 1. The first kappa shape index (κ1) is 21.3. The highest BCUT2D eigenvalue weighted by Crippen LogP contribution is 2.35. The minimum Gasteiger partial charge on any atom is -0.497 e. The van der Waals surface area contributed by atoms with Crippen molar-refractivity contribution in [2.45, 2.75) is 19.3 Å². The lowest BCUT2D eigenvalue weighted by Gasteiger charge is -2.36. The fraction of sp³-hybridized carbons (Fsp3) is 0.208. The topological polar surface area (TPSA) is 93.9 Å². The maximum absolute atomic E-state index is 12.7. The molecule has 3 aromatic rings. The number of nitrogens with zero attached hydrogens (tertiary/aromatic N) is 2. The van der Waals surface area contributed by atoms with Crippen molar-refractivity contribution in [1.29, 1.82) is 0 Å². The third kappa shape index (κ3) is 4.87. The van der Waals surface area contributed by atoms with Gasteiger partial charge in [0, 0.05) is 36.3 Å². The van der Waals surface area contributed by atoms with Gasteiger partial charge in [-0.1, -0.05) is 30.3 Å². The molecular weight excluding hydrogens is 410 g/mol. The highest BCUT2D eigenvalue weighted by molar-refractivity contribution is 5.78. The van der Waals surface area contributed by atoms with E-state index < -0.39 is 11.2 Å². The molecule has 0 aromatic heterocycles. The Morgan fingerprint density at radius 2 is 1.94 bits per heavy atom. The lowest BCUT2D eigenvalue weighted by molar-refractivity contribution is -0.384. The van der Waals surface area contributed by atoms with Crippen molar-refractivity contribution in [3.63, 3.8) is 0 Å². The number of non-ortho nitro benzene ring substituents is 1. The minimum atomic E-state index is -0.534. The highest BCUT2D eigenvalue weighted by Gasteiger charge is 2.30. The van der Waals surface area contributed by atoms with Crippen molar-refractivity contribution in [3.05, 3.63) is 99.6 Å². The average Bonchev–Trinajstić information content (AvgIpc) is 2.82. The number of amides is 1. The Labute approximate surface area is 185 Å². The van der Waals surface area contributed by atoms with E-state index in [0.717, 1.165) is 28.2 Å². The zero-order valence-corrected chi connectivity index (χ0v) is 17.6. The zero-order chi connectivity index (χ0) is 22.5. The van der Waals surface area contributed by atoms with Gasteiger partial charge in [0.2, 0.25) is 5.91 Å². The number of fused-ring (bicyclic) bond motifs is 1. The van der Waals surface area contributed by atoms with Crippen LogP contribution in [0.5, 0.6) is 11.5 Å². The summed E-state index contributed by atoms with van der Waals surface area (Å²) in [5, 5.41) is 13.9. The second kappa shape index (κ2) is 9.49. The Morgan fingerprint density at radius 3 is 2.69 bits per heavy atom. The molecule has 1 atom stereocenters.